The molecule has 13 heavy (non-hydrogen) atoms. The van der Waals surface area contributed by atoms with Crippen molar-refractivity contribution in [2.45, 2.75) is 25.9 Å². The summed E-state index contributed by atoms with van der Waals surface area (Å²) in [5.74, 6) is 0. The van der Waals surface area contributed by atoms with Crippen LogP contribution in [0.1, 0.15) is 30.6 Å². The topological polar surface area (TPSA) is 9.23 Å². The molecule has 1 aromatic carbocycles. The summed E-state index contributed by atoms with van der Waals surface area (Å²) in [5, 5.41) is 0. The van der Waals surface area contributed by atoms with Crippen LogP contribution in [0.3, 0.4) is 0 Å². The number of benzene rings is 1. The smallest absolute Gasteiger partial charge is 0.0868 e. The van der Waals surface area contributed by atoms with Gasteiger partial charge in [-0.25, -0.2) is 0 Å². The Morgan fingerprint density at radius 1 is 1.54 bits per heavy atom. The molecule has 70 valence electrons. The molecule has 0 spiro atoms. The molecular weight excluding hydrogens is 228 g/mol. The van der Waals surface area contributed by atoms with E-state index in [4.69, 9.17) is 4.74 Å². The highest BCUT2D eigenvalue weighted by Crippen LogP contribution is 2.37. The predicted octanol–water partition coefficient (Wildman–Crippen LogP) is 3.47. The highest BCUT2D eigenvalue weighted by molar-refractivity contribution is 9.10. The summed E-state index contributed by atoms with van der Waals surface area (Å²) in [4.78, 5) is 0. The lowest BCUT2D eigenvalue weighted by molar-refractivity contribution is 0.0374. The SMILES string of the molecule is CCCOC1Cc2cc(Br)ccc21. The zero-order chi connectivity index (χ0) is 9.26. The molecule has 2 heteroatoms. The van der Waals surface area contributed by atoms with E-state index in [1.165, 1.54) is 15.6 Å². The number of hydrogen-bond acceptors (Lipinski definition) is 1. The van der Waals surface area contributed by atoms with E-state index in [9.17, 15) is 0 Å². The second kappa shape index (κ2) is 3.81. The first-order chi connectivity index (χ1) is 6.31. The van der Waals surface area contributed by atoms with Gasteiger partial charge in [-0.1, -0.05) is 28.9 Å². The van der Waals surface area contributed by atoms with Gasteiger partial charge in [0.25, 0.3) is 0 Å². The molecule has 2 rings (SSSR count). The number of halogens is 1. The van der Waals surface area contributed by atoms with E-state index in [2.05, 4.69) is 41.1 Å². The Balaban J connectivity index is 2.05. The van der Waals surface area contributed by atoms with E-state index < -0.39 is 0 Å². The van der Waals surface area contributed by atoms with Crippen molar-refractivity contribution in [2.75, 3.05) is 6.61 Å². The summed E-state index contributed by atoms with van der Waals surface area (Å²) in [6, 6.07) is 6.42. The Bertz CT molecular complexity index is 309. The van der Waals surface area contributed by atoms with Gasteiger partial charge in [0, 0.05) is 17.5 Å². The Labute approximate surface area is 87.2 Å². The molecule has 0 fully saturated rings. The predicted molar refractivity (Wildman–Crippen MR) is 56.8 cm³/mol. The molecule has 0 saturated heterocycles. The molecule has 1 aromatic rings. The van der Waals surface area contributed by atoms with Crippen LogP contribution in [0.5, 0.6) is 0 Å². The summed E-state index contributed by atoms with van der Waals surface area (Å²) in [7, 11) is 0. The van der Waals surface area contributed by atoms with Crippen LogP contribution in [0.2, 0.25) is 0 Å². The normalized spacial score (nSPS) is 19.4. The molecular formula is C11H13BrO. The Morgan fingerprint density at radius 2 is 2.38 bits per heavy atom. The molecule has 1 atom stereocenters. The average molecular weight is 241 g/mol. The molecule has 0 aromatic heterocycles. The quantitative estimate of drug-likeness (QED) is 0.787. The zero-order valence-corrected chi connectivity index (χ0v) is 9.30. The molecule has 1 unspecified atom stereocenters. The lowest BCUT2D eigenvalue weighted by atomic mass is 9.85. The van der Waals surface area contributed by atoms with Crippen molar-refractivity contribution >= 4 is 15.9 Å². The first kappa shape index (κ1) is 9.22. The van der Waals surface area contributed by atoms with Crippen molar-refractivity contribution < 1.29 is 4.74 Å². The summed E-state index contributed by atoms with van der Waals surface area (Å²) in [5.41, 5.74) is 2.80. The second-order valence-corrected chi connectivity index (χ2v) is 4.32. The van der Waals surface area contributed by atoms with Gasteiger partial charge in [-0.3, -0.25) is 0 Å². The largest absolute Gasteiger partial charge is 0.373 e. The van der Waals surface area contributed by atoms with Crippen molar-refractivity contribution in [3.8, 4) is 0 Å². The highest BCUT2D eigenvalue weighted by Gasteiger charge is 2.26. The van der Waals surface area contributed by atoms with Crippen LogP contribution in [0, 0.1) is 0 Å². The van der Waals surface area contributed by atoms with Gasteiger partial charge in [-0.05, 0) is 29.7 Å². The third kappa shape index (κ3) is 1.79. The lowest BCUT2D eigenvalue weighted by Crippen LogP contribution is -2.20. The molecule has 0 bridgehead atoms. The summed E-state index contributed by atoms with van der Waals surface area (Å²) >= 11 is 3.46. The Morgan fingerprint density at radius 3 is 3.08 bits per heavy atom. The first-order valence-corrected chi connectivity index (χ1v) is 5.50. The van der Waals surface area contributed by atoms with Crippen molar-refractivity contribution in [3.05, 3.63) is 33.8 Å². The zero-order valence-electron chi connectivity index (χ0n) is 7.72. The van der Waals surface area contributed by atoms with Gasteiger partial charge >= 0.3 is 0 Å². The number of rotatable bonds is 3. The van der Waals surface area contributed by atoms with E-state index in [0.29, 0.717) is 6.10 Å². The molecule has 0 amide bonds. The van der Waals surface area contributed by atoms with Crippen LogP contribution in [0.25, 0.3) is 0 Å². The molecule has 0 heterocycles. The van der Waals surface area contributed by atoms with Crippen molar-refractivity contribution in [1.29, 1.82) is 0 Å². The molecule has 0 N–H and O–H groups in total. The van der Waals surface area contributed by atoms with E-state index in [0.717, 1.165) is 19.4 Å². The van der Waals surface area contributed by atoms with Gasteiger partial charge in [-0.2, -0.15) is 0 Å². The second-order valence-electron chi connectivity index (χ2n) is 3.41. The maximum atomic E-state index is 5.68. The van der Waals surface area contributed by atoms with Crippen LogP contribution in [0.4, 0.5) is 0 Å². The van der Waals surface area contributed by atoms with E-state index in [1.54, 1.807) is 0 Å². The number of fused-ring (bicyclic) bond motifs is 1. The van der Waals surface area contributed by atoms with Gasteiger partial charge in [0.05, 0.1) is 6.10 Å². The van der Waals surface area contributed by atoms with Gasteiger partial charge in [-0.15, -0.1) is 0 Å². The molecule has 1 aliphatic carbocycles. The van der Waals surface area contributed by atoms with Crippen LogP contribution in [0.15, 0.2) is 22.7 Å². The van der Waals surface area contributed by atoms with Crippen LogP contribution < -0.4 is 0 Å². The van der Waals surface area contributed by atoms with Crippen LogP contribution >= 0.6 is 15.9 Å². The van der Waals surface area contributed by atoms with Crippen LogP contribution in [-0.2, 0) is 11.2 Å². The minimum Gasteiger partial charge on any atom is -0.373 e. The minimum atomic E-state index is 0.364. The molecule has 1 nitrogen and oxygen atoms in total. The molecule has 0 radical (unpaired) electrons. The lowest BCUT2D eigenvalue weighted by Gasteiger charge is -2.30. The third-order valence-corrected chi connectivity index (χ3v) is 2.87. The summed E-state index contributed by atoms with van der Waals surface area (Å²) < 4.78 is 6.84. The van der Waals surface area contributed by atoms with Gasteiger partial charge in [0.15, 0.2) is 0 Å². The Hall–Kier alpha value is -0.340. The fourth-order valence-corrected chi connectivity index (χ4v) is 2.06. The minimum absolute atomic E-state index is 0.364. The maximum absolute atomic E-state index is 5.68. The molecule has 0 aliphatic heterocycles. The Kier molecular flexibility index (Phi) is 2.70. The van der Waals surface area contributed by atoms with Crippen LogP contribution in [-0.4, -0.2) is 6.61 Å². The van der Waals surface area contributed by atoms with Crippen molar-refractivity contribution in [2.24, 2.45) is 0 Å². The average Bonchev–Trinajstić information content (AvgIpc) is 2.08. The van der Waals surface area contributed by atoms with E-state index in [1.807, 2.05) is 0 Å². The maximum Gasteiger partial charge on any atom is 0.0868 e. The van der Waals surface area contributed by atoms with Gasteiger partial charge in [0.2, 0.25) is 0 Å². The molecule has 1 aliphatic rings. The fraction of sp³-hybridized carbons (Fsp3) is 0.455. The molecule has 0 saturated carbocycles. The van der Waals surface area contributed by atoms with E-state index in [-0.39, 0.29) is 0 Å². The first-order valence-electron chi connectivity index (χ1n) is 4.71. The highest BCUT2D eigenvalue weighted by atomic mass is 79.9. The fourth-order valence-electron chi connectivity index (χ4n) is 1.65. The third-order valence-electron chi connectivity index (χ3n) is 2.38. The summed E-state index contributed by atoms with van der Waals surface area (Å²) in [6.45, 7) is 3.02. The number of hydrogen-bond donors (Lipinski definition) is 0. The van der Waals surface area contributed by atoms with Gasteiger partial charge < -0.3 is 4.74 Å². The standard InChI is InChI=1S/C11H13BrO/c1-2-5-13-11-7-8-6-9(12)3-4-10(8)11/h3-4,6,11H,2,5,7H2,1H3. The van der Waals surface area contributed by atoms with E-state index >= 15 is 0 Å². The summed E-state index contributed by atoms with van der Waals surface area (Å²) in [6.07, 6.45) is 2.54. The monoisotopic (exact) mass is 240 g/mol. The number of ether oxygens (including phenoxy) is 1. The van der Waals surface area contributed by atoms with Gasteiger partial charge in [0.1, 0.15) is 0 Å². The van der Waals surface area contributed by atoms with Crippen molar-refractivity contribution in [1.82, 2.24) is 0 Å². The van der Waals surface area contributed by atoms with Crippen molar-refractivity contribution in [3.63, 3.8) is 0 Å².